The maximum absolute atomic E-state index is 12.1. The molecule has 0 aliphatic rings. The zero-order chi connectivity index (χ0) is 18.9. The number of halogens is 2. The Morgan fingerprint density at radius 3 is 2.65 bits per heavy atom. The Hall–Kier alpha value is -3.47. The van der Waals surface area contributed by atoms with Crippen molar-refractivity contribution in [3.05, 3.63) is 59.7 Å². The predicted octanol–water partition coefficient (Wildman–Crippen LogP) is 3.54. The lowest BCUT2D eigenvalue weighted by Gasteiger charge is -2.10. The van der Waals surface area contributed by atoms with Crippen LogP contribution in [0.3, 0.4) is 0 Å². The maximum Gasteiger partial charge on any atom is 0.387 e. The summed E-state index contributed by atoms with van der Waals surface area (Å²) in [5, 5.41) is 15.2. The first kappa shape index (κ1) is 18.9. The van der Waals surface area contributed by atoms with Crippen molar-refractivity contribution >= 4 is 17.8 Å². The second-order valence-electron chi connectivity index (χ2n) is 5.11. The summed E-state index contributed by atoms with van der Waals surface area (Å²) in [6.07, 6.45) is 0.463. The van der Waals surface area contributed by atoms with Gasteiger partial charge in [0.2, 0.25) is 6.10 Å². The van der Waals surface area contributed by atoms with E-state index in [-0.39, 0.29) is 5.75 Å². The summed E-state index contributed by atoms with van der Waals surface area (Å²) in [5.74, 6) is -0.400. The molecule has 0 saturated heterocycles. The van der Waals surface area contributed by atoms with Crippen LogP contribution in [0.25, 0.3) is 0 Å². The molecule has 0 aromatic heterocycles. The second kappa shape index (κ2) is 9.13. The molecule has 0 aliphatic carbocycles. The molecule has 8 heteroatoms. The lowest BCUT2D eigenvalue weighted by atomic mass is 10.2. The van der Waals surface area contributed by atoms with E-state index in [4.69, 9.17) is 10.1 Å². The summed E-state index contributed by atoms with van der Waals surface area (Å²) in [6.45, 7) is -1.37. The van der Waals surface area contributed by atoms with Crippen molar-refractivity contribution in [2.75, 3.05) is 5.32 Å². The molecule has 2 aromatic carbocycles. The third-order valence-corrected chi connectivity index (χ3v) is 3.15. The van der Waals surface area contributed by atoms with Crippen LogP contribution in [0, 0.1) is 11.3 Å². The lowest BCUT2D eigenvalue weighted by molar-refractivity contribution is -0.126. The Kier molecular flexibility index (Phi) is 6.62. The number of ether oxygens (including phenoxy) is 1. The number of amides is 1. The topological polar surface area (TPSA) is 83.7 Å². The Bertz CT molecular complexity index is 817. The largest absolute Gasteiger partial charge is 0.435 e. The van der Waals surface area contributed by atoms with E-state index in [1.807, 2.05) is 6.07 Å². The third kappa shape index (κ3) is 5.87. The van der Waals surface area contributed by atoms with Gasteiger partial charge in [-0.1, -0.05) is 11.2 Å². The van der Waals surface area contributed by atoms with Gasteiger partial charge in [0.25, 0.3) is 5.91 Å². The van der Waals surface area contributed by atoms with Gasteiger partial charge in [-0.05, 0) is 55.0 Å². The van der Waals surface area contributed by atoms with Crippen molar-refractivity contribution in [3.63, 3.8) is 0 Å². The first-order valence-electron chi connectivity index (χ1n) is 7.53. The number of nitrogens with zero attached hydrogens (tertiary/aromatic N) is 2. The minimum absolute atomic E-state index is 0.0328. The highest BCUT2D eigenvalue weighted by Gasteiger charge is 2.14. The van der Waals surface area contributed by atoms with Crippen molar-refractivity contribution in [2.24, 2.45) is 5.16 Å². The molecule has 134 valence electrons. The average Bonchev–Trinajstić information content (AvgIpc) is 2.62. The van der Waals surface area contributed by atoms with Crippen molar-refractivity contribution in [2.45, 2.75) is 19.6 Å². The van der Waals surface area contributed by atoms with Crippen molar-refractivity contribution in [1.82, 2.24) is 0 Å². The molecule has 0 radical (unpaired) electrons. The minimum Gasteiger partial charge on any atom is -0.435 e. The highest BCUT2D eigenvalue weighted by Crippen LogP contribution is 2.14. The SMILES string of the molecule is C[C@@H](O/N=C\c1ccc(OC(F)F)cc1)C(=O)Nc1cccc(C#N)c1. The van der Waals surface area contributed by atoms with Gasteiger partial charge in [-0.2, -0.15) is 14.0 Å². The van der Waals surface area contributed by atoms with E-state index < -0.39 is 18.6 Å². The van der Waals surface area contributed by atoms with Crippen LogP contribution in [0.2, 0.25) is 0 Å². The molecule has 0 unspecified atom stereocenters. The van der Waals surface area contributed by atoms with E-state index >= 15 is 0 Å². The van der Waals surface area contributed by atoms with E-state index in [1.165, 1.54) is 43.5 Å². The summed E-state index contributed by atoms with van der Waals surface area (Å²) < 4.78 is 28.4. The summed E-state index contributed by atoms with van der Waals surface area (Å²) in [6, 6.07) is 14.2. The zero-order valence-electron chi connectivity index (χ0n) is 13.7. The highest BCUT2D eigenvalue weighted by molar-refractivity contribution is 5.94. The smallest absolute Gasteiger partial charge is 0.387 e. The number of carbonyl (C=O) groups excluding carboxylic acids is 1. The number of hydrogen-bond donors (Lipinski definition) is 1. The van der Waals surface area contributed by atoms with Crippen LogP contribution in [0.15, 0.2) is 53.7 Å². The van der Waals surface area contributed by atoms with Gasteiger partial charge < -0.3 is 14.9 Å². The van der Waals surface area contributed by atoms with Crippen LogP contribution in [0.4, 0.5) is 14.5 Å². The van der Waals surface area contributed by atoms with E-state index in [9.17, 15) is 13.6 Å². The zero-order valence-corrected chi connectivity index (χ0v) is 13.7. The van der Waals surface area contributed by atoms with Gasteiger partial charge in [-0.3, -0.25) is 4.79 Å². The monoisotopic (exact) mass is 359 g/mol. The number of nitriles is 1. The number of anilines is 1. The lowest BCUT2D eigenvalue weighted by Crippen LogP contribution is -2.26. The van der Waals surface area contributed by atoms with Gasteiger partial charge >= 0.3 is 6.61 Å². The Morgan fingerprint density at radius 1 is 1.27 bits per heavy atom. The maximum atomic E-state index is 12.1. The molecule has 2 rings (SSSR count). The van der Waals surface area contributed by atoms with Crippen molar-refractivity contribution in [1.29, 1.82) is 5.26 Å². The molecule has 1 amide bonds. The molecule has 0 spiro atoms. The molecule has 26 heavy (non-hydrogen) atoms. The summed E-state index contributed by atoms with van der Waals surface area (Å²) >= 11 is 0. The fraction of sp³-hybridized carbons (Fsp3) is 0.167. The normalized spacial score (nSPS) is 11.8. The van der Waals surface area contributed by atoms with Crippen LogP contribution in [0.5, 0.6) is 5.75 Å². The number of benzene rings is 2. The van der Waals surface area contributed by atoms with E-state index in [0.29, 0.717) is 16.8 Å². The Balaban J connectivity index is 1.86. The van der Waals surface area contributed by atoms with E-state index in [0.717, 1.165) is 0 Å². The van der Waals surface area contributed by atoms with Crippen LogP contribution < -0.4 is 10.1 Å². The first-order valence-corrected chi connectivity index (χ1v) is 7.53. The van der Waals surface area contributed by atoms with Gasteiger partial charge in [0.1, 0.15) is 5.75 Å². The number of oxime groups is 1. The van der Waals surface area contributed by atoms with Crippen LogP contribution >= 0.6 is 0 Å². The van der Waals surface area contributed by atoms with Crippen molar-refractivity contribution < 1.29 is 23.1 Å². The molecule has 1 N–H and O–H groups in total. The highest BCUT2D eigenvalue weighted by atomic mass is 19.3. The molecule has 2 aromatic rings. The number of nitrogens with one attached hydrogen (secondary N) is 1. The number of alkyl halides is 2. The summed E-state index contributed by atoms with van der Waals surface area (Å²) in [5.41, 5.74) is 1.48. The fourth-order valence-corrected chi connectivity index (χ4v) is 1.88. The first-order chi connectivity index (χ1) is 12.5. The number of carbonyl (C=O) groups is 1. The van der Waals surface area contributed by atoms with Gasteiger partial charge in [0.15, 0.2) is 0 Å². The molecule has 0 heterocycles. The van der Waals surface area contributed by atoms with Crippen LogP contribution in [0.1, 0.15) is 18.1 Å². The molecular formula is C18H15F2N3O3. The molecule has 0 fully saturated rings. The summed E-state index contributed by atoms with van der Waals surface area (Å²) in [4.78, 5) is 17.1. The Labute approximate surface area is 148 Å². The summed E-state index contributed by atoms with van der Waals surface area (Å²) in [7, 11) is 0. The molecule has 6 nitrogen and oxygen atoms in total. The van der Waals surface area contributed by atoms with Crippen molar-refractivity contribution in [3.8, 4) is 11.8 Å². The molecule has 0 aliphatic heterocycles. The standard InChI is InChI=1S/C18H15F2N3O3/c1-12(17(24)23-15-4-2-3-14(9-15)10-21)26-22-11-13-5-7-16(8-6-13)25-18(19)20/h2-9,11-12,18H,1H3,(H,23,24)/b22-11-/t12-/m1/s1. The molecule has 1 atom stereocenters. The third-order valence-electron chi connectivity index (χ3n) is 3.15. The second-order valence-corrected chi connectivity index (χ2v) is 5.11. The molecule has 0 bridgehead atoms. The molecular weight excluding hydrogens is 344 g/mol. The predicted molar refractivity (Wildman–Crippen MR) is 91.0 cm³/mol. The fourth-order valence-electron chi connectivity index (χ4n) is 1.88. The number of hydrogen-bond acceptors (Lipinski definition) is 5. The van der Waals surface area contributed by atoms with Crippen LogP contribution in [-0.4, -0.2) is 24.8 Å². The minimum atomic E-state index is -2.88. The van der Waals surface area contributed by atoms with Gasteiger partial charge in [-0.25, -0.2) is 0 Å². The Morgan fingerprint density at radius 2 is 2.00 bits per heavy atom. The van der Waals surface area contributed by atoms with Gasteiger partial charge in [0, 0.05) is 5.69 Å². The van der Waals surface area contributed by atoms with Gasteiger partial charge in [0.05, 0.1) is 17.8 Å². The quantitative estimate of drug-likeness (QED) is 0.605. The average molecular weight is 359 g/mol. The van der Waals surface area contributed by atoms with E-state index in [2.05, 4.69) is 15.2 Å². The van der Waals surface area contributed by atoms with Gasteiger partial charge in [-0.15, -0.1) is 0 Å². The van der Waals surface area contributed by atoms with Crippen LogP contribution in [-0.2, 0) is 9.63 Å². The number of rotatable bonds is 7. The molecule has 0 saturated carbocycles. The van der Waals surface area contributed by atoms with E-state index in [1.54, 1.807) is 18.2 Å².